The van der Waals surface area contributed by atoms with Crippen molar-refractivity contribution in [3.05, 3.63) is 236 Å². The van der Waals surface area contributed by atoms with E-state index >= 15 is 0 Å². The van der Waals surface area contributed by atoms with Gasteiger partial charge in [0.15, 0.2) is 0 Å². The first-order chi connectivity index (χ1) is 34.1. The summed E-state index contributed by atoms with van der Waals surface area (Å²) in [5, 5.41) is 0. The van der Waals surface area contributed by atoms with E-state index in [1.807, 2.05) is 24.5 Å². The lowest BCUT2D eigenvalue weighted by Gasteiger charge is -2.38. The molecule has 69 heavy (non-hydrogen) atoms. The van der Waals surface area contributed by atoms with Crippen LogP contribution >= 0.6 is 0 Å². The highest BCUT2D eigenvalue weighted by molar-refractivity contribution is 5.94. The molecule has 0 N–H and O–H groups in total. The van der Waals surface area contributed by atoms with Gasteiger partial charge < -0.3 is 0 Å². The maximum absolute atomic E-state index is 5.20. The number of aromatic nitrogens is 3. The maximum atomic E-state index is 5.20. The maximum Gasteiger partial charge on any atom is 0.0702 e. The highest BCUT2D eigenvalue weighted by Crippen LogP contribution is 2.56. The number of hydrogen-bond acceptors (Lipinski definition) is 3. The van der Waals surface area contributed by atoms with Gasteiger partial charge in [0.05, 0.1) is 17.1 Å². The quantitative estimate of drug-likeness (QED) is 0.145. The summed E-state index contributed by atoms with van der Waals surface area (Å²) in [5.41, 5.74) is 23.1. The summed E-state index contributed by atoms with van der Waals surface area (Å²) < 4.78 is 0. The molecular weight excluding hydrogens is 835 g/mol. The van der Waals surface area contributed by atoms with Gasteiger partial charge in [0, 0.05) is 52.0 Å². The van der Waals surface area contributed by atoms with Crippen molar-refractivity contribution in [1.29, 1.82) is 0 Å². The molecule has 14 rings (SSSR count). The van der Waals surface area contributed by atoms with Crippen molar-refractivity contribution in [1.82, 2.24) is 15.0 Å². The molecule has 0 saturated heterocycles. The fraction of sp³-hybridized carbons (Fsp3) is 0.136. The summed E-state index contributed by atoms with van der Waals surface area (Å²) in [6.45, 7) is 0. The average molecular weight is 886 g/mol. The summed E-state index contributed by atoms with van der Waals surface area (Å²) in [7, 11) is 0. The molecule has 7 aromatic carbocycles. The van der Waals surface area contributed by atoms with Crippen LogP contribution in [0.4, 0.5) is 0 Å². The zero-order valence-electron chi connectivity index (χ0n) is 38.5. The van der Waals surface area contributed by atoms with Gasteiger partial charge in [-0.2, -0.15) is 0 Å². The van der Waals surface area contributed by atoms with Crippen LogP contribution in [0.1, 0.15) is 55.1 Å². The fourth-order valence-corrected chi connectivity index (χ4v) is 12.3. The van der Waals surface area contributed by atoms with E-state index in [2.05, 4.69) is 200 Å². The van der Waals surface area contributed by atoms with Gasteiger partial charge >= 0.3 is 0 Å². The van der Waals surface area contributed by atoms with Gasteiger partial charge in [0.2, 0.25) is 0 Å². The van der Waals surface area contributed by atoms with Gasteiger partial charge in [0.25, 0.3) is 0 Å². The highest BCUT2D eigenvalue weighted by atomic mass is 14.7. The van der Waals surface area contributed by atoms with Crippen molar-refractivity contribution in [3.8, 4) is 101 Å². The third-order valence-corrected chi connectivity index (χ3v) is 15.4. The summed E-state index contributed by atoms with van der Waals surface area (Å²) >= 11 is 0. The normalized spacial score (nSPS) is 17.9. The van der Waals surface area contributed by atoms with Gasteiger partial charge in [-0.3, -0.25) is 15.0 Å². The Hall–Kier alpha value is -8.01. The molecule has 3 heteroatoms. The lowest BCUT2D eigenvalue weighted by atomic mass is 9.67. The largest absolute Gasteiger partial charge is 0.256 e. The number of pyridine rings is 3. The Morgan fingerprint density at radius 3 is 0.957 bits per heavy atom. The molecule has 4 aliphatic rings. The molecule has 2 saturated carbocycles. The first-order valence-electron chi connectivity index (χ1n) is 24.7. The topological polar surface area (TPSA) is 38.7 Å². The lowest BCUT2D eigenvalue weighted by molar-refractivity contribution is 0.166. The van der Waals surface area contributed by atoms with Crippen LogP contribution in [-0.4, -0.2) is 15.0 Å². The number of hydrogen-bond donors (Lipinski definition) is 0. The van der Waals surface area contributed by atoms with Crippen LogP contribution in [0.15, 0.2) is 225 Å². The van der Waals surface area contributed by atoms with Crippen molar-refractivity contribution in [2.45, 2.75) is 43.9 Å². The van der Waals surface area contributed by atoms with Gasteiger partial charge in [-0.1, -0.05) is 164 Å². The molecule has 10 aromatic rings. The van der Waals surface area contributed by atoms with Crippen LogP contribution < -0.4 is 0 Å². The Bertz CT molecular complexity index is 3310. The number of benzene rings is 7. The van der Waals surface area contributed by atoms with E-state index in [-0.39, 0.29) is 0 Å². The van der Waals surface area contributed by atoms with Crippen molar-refractivity contribution in [2.75, 3.05) is 0 Å². The number of nitrogens with zero attached hydrogens (tertiary/aromatic N) is 3. The Kier molecular flexibility index (Phi) is 10.5. The third kappa shape index (κ3) is 7.88. The first kappa shape index (κ1) is 41.2. The molecule has 0 amide bonds. The molecular formula is C66H51N3. The van der Waals surface area contributed by atoms with Crippen molar-refractivity contribution in [2.24, 2.45) is 11.8 Å². The minimum absolute atomic E-state index is 0.704. The van der Waals surface area contributed by atoms with E-state index in [9.17, 15) is 0 Å². The summed E-state index contributed by atoms with van der Waals surface area (Å²) in [6, 6.07) is 74.6. The van der Waals surface area contributed by atoms with Crippen LogP contribution in [0.2, 0.25) is 0 Å². The molecule has 2 atom stereocenters. The van der Waals surface area contributed by atoms with E-state index < -0.39 is 0 Å². The standard InChI is InChI=1S/C66H51N3/c1-3-13-45(14-4-1)64-28-24-48(40-67-64)56-17-7-10-20-59(56)53-36-54(60-21-11-8-18-57(60)49-25-29-65(68-41-49)46-15-5-2-6-16-46)38-55(37-53)61-22-12-9-19-58(61)50-26-30-66(69-42-50)47-23-27-62-51-32-43-31-44(33-51)35-52(34-43)63(62)39-47/h1-30,36-44,51-52H,31-35H2. The molecule has 2 fully saturated rings. The van der Waals surface area contributed by atoms with E-state index in [0.29, 0.717) is 5.92 Å². The van der Waals surface area contributed by atoms with E-state index in [4.69, 9.17) is 15.0 Å². The van der Waals surface area contributed by atoms with Gasteiger partial charge in [0.1, 0.15) is 0 Å². The predicted octanol–water partition coefficient (Wildman–Crippen LogP) is 17.3. The molecule has 0 radical (unpaired) electrons. The van der Waals surface area contributed by atoms with Gasteiger partial charge in [-0.15, -0.1) is 0 Å². The molecule has 4 bridgehead atoms. The van der Waals surface area contributed by atoms with E-state index in [1.54, 1.807) is 11.1 Å². The molecule has 330 valence electrons. The Morgan fingerprint density at radius 1 is 0.246 bits per heavy atom. The molecule has 3 nitrogen and oxygen atoms in total. The Labute approximate surface area is 405 Å². The minimum Gasteiger partial charge on any atom is -0.256 e. The van der Waals surface area contributed by atoms with E-state index in [0.717, 1.165) is 113 Å². The average Bonchev–Trinajstić information content (AvgIpc) is 3.60. The van der Waals surface area contributed by atoms with Crippen molar-refractivity contribution >= 4 is 0 Å². The number of rotatable bonds is 9. The molecule has 0 spiro atoms. The molecule has 3 heterocycles. The Balaban J connectivity index is 0.910. The minimum atomic E-state index is 0.704. The second-order valence-corrected chi connectivity index (χ2v) is 19.6. The van der Waals surface area contributed by atoms with Crippen LogP contribution in [0, 0.1) is 11.8 Å². The van der Waals surface area contributed by atoms with Crippen LogP contribution in [0.5, 0.6) is 0 Å². The SMILES string of the molecule is c1ccc(-c2ccc(-c3ccccc3-c3cc(-c4ccccc4-c4ccc(-c5ccccc5)nc4)cc(-c4ccccc4-c4ccc(-c5ccc6c(c5)C5CC7CC(CC6C7)C5)nc4)c3)cn2)cc1. The zero-order valence-corrected chi connectivity index (χ0v) is 38.5. The molecule has 0 aliphatic heterocycles. The second kappa shape index (κ2) is 17.6. The van der Waals surface area contributed by atoms with Gasteiger partial charge in [-0.25, -0.2) is 0 Å². The summed E-state index contributed by atoms with van der Waals surface area (Å²) in [5.74, 6) is 3.26. The van der Waals surface area contributed by atoms with Gasteiger partial charge in [-0.05, 0) is 159 Å². The first-order valence-corrected chi connectivity index (χ1v) is 24.7. The molecule has 2 unspecified atom stereocenters. The van der Waals surface area contributed by atoms with Crippen LogP contribution in [0.25, 0.3) is 101 Å². The highest BCUT2D eigenvalue weighted by Gasteiger charge is 2.42. The summed E-state index contributed by atoms with van der Waals surface area (Å²) in [6.07, 6.45) is 13.1. The van der Waals surface area contributed by atoms with Crippen LogP contribution in [-0.2, 0) is 0 Å². The molecule has 3 aromatic heterocycles. The smallest absolute Gasteiger partial charge is 0.0702 e. The predicted molar refractivity (Wildman–Crippen MR) is 284 cm³/mol. The Morgan fingerprint density at radius 2 is 0.580 bits per heavy atom. The lowest BCUT2D eigenvalue weighted by Crippen LogP contribution is -2.25. The third-order valence-electron chi connectivity index (χ3n) is 15.4. The van der Waals surface area contributed by atoms with Crippen molar-refractivity contribution in [3.63, 3.8) is 0 Å². The second-order valence-electron chi connectivity index (χ2n) is 19.6. The van der Waals surface area contributed by atoms with Crippen LogP contribution in [0.3, 0.4) is 0 Å². The zero-order chi connectivity index (χ0) is 45.7. The molecule has 4 aliphatic carbocycles. The van der Waals surface area contributed by atoms with E-state index in [1.165, 1.54) is 37.7 Å². The van der Waals surface area contributed by atoms with Crippen molar-refractivity contribution < 1.29 is 0 Å². The summed E-state index contributed by atoms with van der Waals surface area (Å²) in [4.78, 5) is 15.1. The fourth-order valence-electron chi connectivity index (χ4n) is 12.3. The monoisotopic (exact) mass is 885 g/mol.